The van der Waals surface area contributed by atoms with Crippen LogP contribution in [-0.2, 0) is 27.3 Å². The molecule has 0 saturated carbocycles. The summed E-state index contributed by atoms with van der Waals surface area (Å²) in [4.78, 5) is 0. The van der Waals surface area contributed by atoms with E-state index >= 15 is 0 Å². The van der Waals surface area contributed by atoms with Gasteiger partial charge in [0.2, 0.25) is 0 Å². The zero-order chi connectivity index (χ0) is 0. The third-order valence-electron chi connectivity index (χ3n) is 0. The normalized spacial score (nSPS) is 0. The molecule has 40 valence electrons. The van der Waals surface area contributed by atoms with Gasteiger partial charge >= 0.3 is 27.3 Å². The van der Waals surface area contributed by atoms with Crippen molar-refractivity contribution in [3.8, 4) is 0 Å². The van der Waals surface area contributed by atoms with Gasteiger partial charge in [0, 0.05) is 0 Å². The number of halogens is 1. The molecule has 0 heterocycles. The van der Waals surface area contributed by atoms with Crippen molar-refractivity contribution in [2.45, 2.75) is 0 Å². The predicted molar refractivity (Wildman–Crippen MR) is 14.5 cm³/mol. The van der Waals surface area contributed by atoms with E-state index in [1.165, 1.54) is 0 Å². The molecule has 0 aliphatic rings. The van der Waals surface area contributed by atoms with Crippen LogP contribution in [0.1, 0.15) is 0 Å². The molecule has 0 rings (SSSR count). The van der Waals surface area contributed by atoms with Crippen LogP contribution in [0, 0.1) is 0 Å². The summed E-state index contributed by atoms with van der Waals surface area (Å²) in [7, 11) is 0. The number of rotatable bonds is 0. The minimum absolute atomic E-state index is 0. The van der Waals surface area contributed by atoms with E-state index in [-0.39, 0.29) is 66.2 Å². The first-order valence-corrected chi connectivity index (χ1v) is 0. The van der Waals surface area contributed by atoms with E-state index in [9.17, 15) is 0 Å². The van der Waals surface area contributed by atoms with Crippen molar-refractivity contribution in [2.75, 3.05) is 0 Å². The van der Waals surface area contributed by atoms with Gasteiger partial charge in [-0.2, -0.15) is 0 Å². The Balaban J connectivity index is 0. The number of hydrogen-bond acceptors (Lipinski definition) is 0. The molecule has 0 saturated heterocycles. The zero-order valence-electron chi connectivity index (χ0n) is 3.09. The Morgan fingerprint density at radius 1 is 0.500 bits per heavy atom. The van der Waals surface area contributed by atoms with Crippen LogP contribution in [0.4, 0.5) is 0 Å². The monoisotopic (exact) mass is 265 g/mol. The molecular weight excluding hydrogens is 256 g/mol. The average Bonchev–Trinajstić information content (AvgIpc) is 0. The molecule has 8 N–H and O–H groups in total. The van der Waals surface area contributed by atoms with E-state index in [0.29, 0.717) is 0 Å². The molecule has 0 aliphatic heterocycles. The molecule has 0 unspecified atom stereocenters. The fourth-order valence-corrected chi connectivity index (χ4v) is 0. The first-order valence-electron chi connectivity index (χ1n) is 0. The van der Waals surface area contributed by atoms with E-state index in [1.807, 2.05) is 0 Å². The summed E-state index contributed by atoms with van der Waals surface area (Å²) in [5.74, 6) is 0. The maximum Gasteiger partial charge on any atom is 2.00 e. The zero-order valence-corrected chi connectivity index (χ0v) is 8.71. The molecule has 0 aliphatic carbocycles. The van der Waals surface area contributed by atoms with Crippen molar-refractivity contribution in [1.82, 2.24) is 0 Å². The van der Waals surface area contributed by atoms with Gasteiger partial charge in [-0.3, -0.25) is 0 Å². The van der Waals surface area contributed by atoms with Crippen molar-refractivity contribution in [3.05, 3.63) is 0 Å². The molecule has 0 aromatic carbocycles. The first kappa shape index (κ1) is 183. The van der Waals surface area contributed by atoms with Crippen LogP contribution in [-0.4, -0.2) is 21.9 Å². The van der Waals surface area contributed by atoms with Crippen LogP contribution in [0.15, 0.2) is 0 Å². The predicted octanol–water partition coefficient (Wildman–Crippen LogP) is -6.30. The topological polar surface area (TPSA) is 126 Å². The summed E-state index contributed by atoms with van der Waals surface area (Å²) in [6, 6.07) is 0. The third kappa shape index (κ3) is 61.1. The molecule has 0 amide bonds. The van der Waals surface area contributed by atoms with E-state index in [1.54, 1.807) is 0 Å². The smallest absolute Gasteiger partial charge is 1.00 e. The summed E-state index contributed by atoms with van der Waals surface area (Å²) in [6.45, 7) is 0. The van der Waals surface area contributed by atoms with Gasteiger partial charge in [-0.25, -0.2) is 0 Å². The average molecular weight is 264 g/mol. The summed E-state index contributed by atoms with van der Waals surface area (Å²) in [5.41, 5.74) is 0. The van der Waals surface area contributed by atoms with Gasteiger partial charge in [0.1, 0.15) is 0 Å². The second-order valence-electron chi connectivity index (χ2n) is 0. The molecule has 0 fully saturated rings. The van der Waals surface area contributed by atoms with Gasteiger partial charge < -0.3 is 38.9 Å². The summed E-state index contributed by atoms with van der Waals surface area (Å²) < 4.78 is 0. The Morgan fingerprint density at radius 2 is 0.500 bits per heavy atom. The maximum atomic E-state index is 0. The van der Waals surface area contributed by atoms with E-state index < -0.39 is 0 Å². The van der Waals surface area contributed by atoms with Gasteiger partial charge in [-0.05, 0) is 0 Å². The Hall–Kier alpha value is 1.24. The van der Waals surface area contributed by atoms with Crippen molar-refractivity contribution in [3.63, 3.8) is 0 Å². The van der Waals surface area contributed by atoms with Crippen LogP contribution < -0.4 is 17.0 Å². The summed E-state index contributed by atoms with van der Waals surface area (Å²) >= 11 is 0. The van der Waals surface area contributed by atoms with Crippen molar-refractivity contribution in [2.24, 2.45) is 0 Å². The quantitative estimate of drug-likeness (QED) is 0.386. The van der Waals surface area contributed by atoms with Gasteiger partial charge in [0.05, 0.1) is 0 Å². The molecule has 0 radical (unpaired) electrons. The fourth-order valence-electron chi connectivity index (χ4n) is 0. The molecule has 0 atom stereocenters. The Morgan fingerprint density at radius 3 is 0.500 bits per heavy atom. The molecular formula is H8BrCdO4+. The van der Waals surface area contributed by atoms with Gasteiger partial charge in [-0.1, -0.05) is 0 Å². The number of hydrogen-bond donors (Lipinski definition) is 0. The van der Waals surface area contributed by atoms with Crippen molar-refractivity contribution in [1.29, 1.82) is 0 Å². The molecule has 0 bridgehead atoms. The summed E-state index contributed by atoms with van der Waals surface area (Å²) in [5, 5.41) is 0. The molecule has 0 spiro atoms. The van der Waals surface area contributed by atoms with Crippen LogP contribution in [0.2, 0.25) is 0 Å². The Labute approximate surface area is 66.1 Å². The van der Waals surface area contributed by atoms with Crippen LogP contribution in [0.3, 0.4) is 0 Å². The van der Waals surface area contributed by atoms with Crippen molar-refractivity contribution < 1.29 is 66.2 Å². The van der Waals surface area contributed by atoms with Crippen LogP contribution >= 0.6 is 0 Å². The summed E-state index contributed by atoms with van der Waals surface area (Å²) in [6.07, 6.45) is 0. The molecule has 0 aromatic rings. The second-order valence-corrected chi connectivity index (χ2v) is 0. The van der Waals surface area contributed by atoms with E-state index in [4.69, 9.17) is 0 Å². The van der Waals surface area contributed by atoms with E-state index in [2.05, 4.69) is 0 Å². The Bertz CT molecular complexity index is 7.51. The molecule has 0 aromatic heterocycles. The van der Waals surface area contributed by atoms with Crippen molar-refractivity contribution >= 4 is 0 Å². The molecule has 6 heavy (non-hydrogen) atoms. The molecule has 6 heteroatoms. The van der Waals surface area contributed by atoms with Gasteiger partial charge in [-0.15, -0.1) is 0 Å². The third-order valence-corrected chi connectivity index (χ3v) is 0. The largest absolute Gasteiger partial charge is 2.00 e. The second kappa shape index (κ2) is 111. The van der Waals surface area contributed by atoms with Gasteiger partial charge in [0.15, 0.2) is 0 Å². The standard InChI is InChI=1S/BrH.Cd.4H2O/h1H;;4*1H2/q;+2;;;;/p-1. The van der Waals surface area contributed by atoms with Crippen LogP contribution in [0.25, 0.3) is 0 Å². The minimum atomic E-state index is 0. The Kier molecular flexibility index (Phi) is 3390. The molecule has 4 nitrogen and oxygen atoms in total. The SMILES string of the molecule is O.O.O.O.[Br-].[Cd+2]. The minimum Gasteiger partial charge on any atom is -1.00 e. The fraction of sp³-hybridized carbons (Fsp3) is 0. The first-order chi connectivity index (χ1) is 0. The van der Waals surface area contributed by atoms with Gasteiger partial charge in [0.25, 0.3) is 0 Å². The van der Waals surface area contributed by atoms with E-state index in [0.717, 1.165) is 0 Å². The van der Waals surface area contributed by atoms with Crippen LogP contribution in [0.5, 0.6) is 0 Å². The maximum absolute atomic E-state index is 0.